The fraction of sp³-hybridized carbons (Fsp3) is 0.324. The molecule has 0 fully saturated rings. The van der Waals surface area contributed by atoms with Gasteiger partial charge in [0.2, 0.25) is 0 Å². The minimum atomic E-state index is -0.258. The molecule has 0 radical (unpaired) electrons. The van der Waals surface area contributed by atoms with Crippen LogP contribution in [0.1, 0.15) is 76.3 Å². The van der Waals surface area contributed by atoms with E-state index in [2.05, 4.69) is 97.2 Å². The normalized spacial score (nSPS) is 17.8. The largest absolute Gasteiger partial charge is 0.465 e. The molecular weight excluding hydrogens is 454 g/mol. The molecule has 0 heterocycles. The smallest absolute Gasteiger partial charge is 0.338 e. The Morgan fingerprint density at radius 3 is 2.65 bits per heavy atom. The fourth-order valence-electron chi connectivity index (χ4n) is 6.08. The van der Waals surface area contributed by atoms with E-state index >= 15 is 0 Å². The fourth-order valence-corrected chi connectivity index (χ4v) is 6.08. The molecule has 0 aromatic heterocycles. The number of benzene rings is 4. The van der Waals surface area contributed by atoms with Gasteiger partial charge in [0.1, 0.15) is 0 Å². The second-order valence-corrected chi connectivity index (χ2v) is 10.5. The summed E-state index contributed by atoms with van der Waals surface area (Å²) in [5.41, 5.74) is 7.06. The first-order chi connectivity index (χ1) is 18.0. The average molecular weight is 492 g/mol. The summed E-state index contributed by atoms with van der Waals surface area (Å²) in [6, 6.07) is 30.7. The van der Waals surface area contributed by atoms with Gasteiger partial charge in [-0.25, -0.2) is 4.79 Å². The Balaban J connectivity index is 1.26. The topological polar surface area (TPSA) is 38.3 Å². The Labute approximate surface area is 220 Å². The number of hydrogen-bond donors (Lipinski definition) is 1. The summed E-state index contributed by atoms with van der Waals surface area (Å²) >= 11 is 0. The predicted molar refractivity (Wildman–Crippen MR) is 152 cm³/mol. The zero-order chi connectivity index (χ0) is 25.8. The average Bonchev–Trinajstić information content (AvgIpc) is 2.94. The summed E-state index contributed by atoms with van der Waals surface area (Å²) in [5, 5.41) is 6.41. The number of rotatable bonds is 8. The number of fused-ring (bicyclic) bond motifs is 2. The third kappa shape index (κ3) is 5.47. The molecule has 0 aliphatic heterocycles. The SMILES string of the molecule is COC(=O)c1cc(C2CC(CCCNC(C)c3cccc4ccccc34)Cc3ccccc32)ccc1C. The molecule has 0 saturated carbocycles. The first-order valence-electron chi connectivity index (χ1n) is 13.5. The van der Waals surface area contributed by atoms with Crippen LogP contribution in [-0.2, 0) is 11.2 Å². The monoisotopic (exact) mass is 491 g/mol. The van der Waals surface area contributed by atoms with Gasteiger partial charge in [0.05, 0.1) is 12.7 Å². The van der Waals surface area contributed by atoms with Crippen LogP contribution < -0.4 is 5.32 Å². The van der Waals surface area contributed by atoms with Gasteiger partial charge in [-0.2, -0.15) is 0 Å². The number of carbonyl (C=O) groups is 1. The Kier molecular flexibility index (Phi) is 7.71. The van der Waals surface area contributed by atoms with Gasteiger partial charge in [-0.05, 0) is 96.6 Å². The molecule has 37 heavy (non-hydrogen) atoms. The molecule has 0 spiro atoms. The molecule has 4 aromatic rings. The number of carbonyl (C=O) groups excluding carboxylic acids is 1. The van der Waals surface area contributed by atoms with Gasteiger partial charge in [-0.3, -0.25) is 0 Å². The molecule has 3 nitrogen and oxygen atoms in total. The lowest BCUT2D eigenvalue weighted by Gasteiger charge is -2.32. The van der Waals surface area contributed by atoms with Crippen molar-refractivity contribution < 1.29 is 9.53 Å². The standard InChI is InChI=1S/C34H37NO2/c1-23-17-18-28(22-32(23)34(36)37-3)33-21-25(20-27-12-5-7-15-31(27)33)10-9-19-35-24(2)29-16-8-13-26-11-4-6-14-30(26)29/h4-8,11-18,22,24-25,33,35H,9-10,19-21H2,1-3H3. The van der Waals surface area contributed by atoms with Crippen LogP contribution in [0.2, 0.25) is 0 Å². The highest BCUT2D eigenvalue weighted by Gasteiger charge is 2.28. The molecular formula is C34H37NO2. The molecule has 1 aliphatic rings. The highest BCUT2D eigenvalue weighted by atomic mass is 16.5. The van der Waals surface area contributed by atoms with E-state index in [0.29, 0.717) is 23.4 Å². The van der Waals surface area contributed by atoms with E-state index < -0.39 is 0 Å². The maximum Gasteiger partial charge on any atom is 0.338 e. The van der Waals surface area contributed by atoms with Crippen molar-refractivity contribution in [3.05, 3.63) is 118 Å². The van der Waals surface area contributed by atoms with Crippen molar-refractivity contribution >= 4 is 16.7 Å². The van der Waals surface area contributed by atoms with E-state index in [1.165, 1.54) is 46.6 Å². The number of methoxy groups -OCH3 is 1. The number of ether oxygens (including phenoxy) is 1. The second-order valence-electron chi connectivity index (χ2n) is 10.5. The highest BCUT2D eigenvalue weighted by Crippen LogP contribution is 2.41. The van der Waals surface area contributed by atoms with Crippen molar-refractivity contribution in [1.82, 2.24) is 5.32 Å². The number of nitrogens with one attached hydrogen (secondary N) is 1. The van der Waals surface area contributed by atoms with E-state index in [0.717, 1.165) is 31.4 Å². The number of esters is 1. The van der Waals surface area contributed by atoms with Crippen LogP contribution in [0.15, 0.2) is 84.9 Å². The van der Waals surface area contributed by atoms with Crippen molar-refractivity contribution in [3.8, 4) is 0 Å². The molecule has 4 aromatic carbocycles. The van der Waals surface area contributed by atoms with Crippen LogP contribution in [0.4, 0.5) is 0 Å². The predicted octanol–water partition coefficient (Wildman–Crippen LogP) is 7.76. The molecule has 3 atom stereocenters. The molecule has 5 rings (SSSR count). The van der Waals surface area contributed by atoms with E-state index in [-0.39, 0.29) is 5.97 Å². The van der Waals surface area contributed by atoms with Crippen molar-refractivity contribution in [2.45, 2.75) is 51.5 Å². The van der Waals surface area contributed by atoms with Gasteiger partial charge >= 0.3 is 5.97 Å². The zero-order valence-electron chi connectivity index (χ0n) is 22.2. The van der Waals surface area contributed by atoms with E-state index in [4.69, 9.17) is 4.74 Å². The quantitative estimate of drug-likeness (QED) is 0.202. The second kappa shape index (κ2) is 11.3. The maximum absolute atomic E-state index is 12.4. The molecule has 0 bridgehead atoms. The Hall–Kier alpha value is -3.43. The lowest BCUT2D eigenvalue weighted by Crippen LogP contribution is -2.23. The number of hydrogen-bond acceptors (Lipinski definition) is 3. The van der Waals surface area contributed by atoms with Crippen LogP contribution >= 0.6 is 0 Å². The maximum atomic E-state index is 12.4. The third-order valence-electron chi connectivity index (χ3n) is 8.11. The first kappa shape index (κ1) is 25.2. The first-order valence-corrected chi connectivity index (χ1v) is 13.5. The van der Waals surface area contributed by atoms with Gasteiger partial charge in [0.15, 0.2) is 0 Å². The summed E-state index contributed by atoms with van der Waals surface area (Å²) in [5.74, 6) is 0.672. The van der Waals surface area contributed by atoms with Gasteiger partial charge in [-0.1, -0.05) is 78.9 Å². The van der Waals surface area contributed by atoms with E-state index in [9.17, 15) is 4.79 Å². The summed E-state index contributed by atoms with van der Waals surface area (Å²) in [7, 11) is 1.45. The lowest BCUT2D eigenvalue weighted by atomic mass is 9.72. The molecule has 3 heteroatoms. The van der Waals surface area contributed by atoms with Crippen LogP contribution in [0.25, 0.3) is 10.8 Å². The van der Waals surface area contributed by atoms with Crippen molar-refractivity contribution in [1.29, 1.82) is 0 Å². The summed E-state index contributed by atoms with van der Waals surface area (Å²) in [6.45, 7) is 5.25. The summed E-state index contributed by atoms with van der Waals surface area (Å²) in [6.07, 6.45) is 4.58. The van der Waals surface area contributed by atoms with Crippen molar-refractivity contribution in [2.75, 3.05) is 13.7 Å². The van der Waals surface area contributed by atoms with Gasteiger partial charge in [0.25, 0.3) is 0 Å². The third-order valence-corrected chi connectivity index (χ3v) is 8.11. The summed E-state index contributed by atoms with van der Waals surface area (Å²) in [4.78, 5) is 12.4. The molecule has 1 aliphatic carbocycles. The van der Waals surface area contributed by atoms with Gasteiger partial charge < -0.3 is 10.1 Å². The Bertz CT molecular complexity index is 1390. The van der Waals surface area contributed by atoms with Crippen molar-refractivity contribution in [3.63, 3.8) is 0 Å². The highest BCUT2D eigenvalue weighted by molar-refractivity contribution is 5.91. The van der Waals surface area contributed by atoms with Gasteiger partial charge in [-0.15, -0.1) is 0 Å². The molecule has 0 amide bonds. The summed E-state index contributed by atoms with van der Waals surface area (Å²) < 4.78 is 5.04. The van der Waals surface area contributed by atoms with Crippen LogP contribution in [-0.4, -0.2) is 19.6 Å². The van der Waals surface area contributed by atoms with Gasteiger partial charge in [0, 0.05) is 12.0 Å². The Morgan fingerprint density at radius 2 is 1.78 bits per heavy atom. The molecule has 1 N–H and O–H groups in total. The lowest BCUT2D eigenvalue weighted by molar-refractivity contribution is 0.0599. The van der Waals surface area contributed by atoms with E-state index in [1.807, 2.05) is 6.92 Å². The minimum absolute atomic E-state index is 0.258. The minimum Gasteiger partial charge on any atom is -0.465 e. The van der Waals surface area contributed by atoms with Crippen molar-refractivity contribution in [2.24, 2.45) is 5.92 Å². The number of aryl methyl sites for hydroxylation is 1. The van der Waals surface area contributed by atoms with Crippen LogP contribution in [0.3, 0.4) is 0 Å². The van der Waals surface area contributed by atoms with Crippen LogP contribution in [0, 0.1) is 12.8 Å². The molecule has 3 unspecified atom stereocenters. The Morgan fingerprint density at radius 1 is 1.00 bits per heavy atom. The van der Waals surface area contributed by atoms with Crippen LogP contribution in [0.5, 0.6) is 0 Å². The zero-order valence-corrected chi connectivity index (χ0v) is 22.2. The van der Waals surface area contributed by atoms with E-state index in [1.54, 1.807) is 0 Å². The molecule has 0 saturated heterocycles. The molecule has 190 valence electrons.